The smallest absolute Gasteiger partial charge is 0.343 e. The molecule has 26 heavy (non-hydrogen) atoms. The molecule has 1 fully saturated rings. The second kappa shape index (κ2) is 8.88. The van der Waals surface area contributed by atoms with Crippen LogP contribution < -0.4 is 14.8 Å². The van der Waals surface area contributed by atoms with Gasteiger partial charge in [0.05, 0.1) is 17.3 Å². The number of methoxy groups -OCH3 is 1. The normalized spacial score (nSPS) is 15.2. The molecule has 1 saturated heterocycles. The summed E-state index contributed by atoms with van der Waals surface area (Å²) in [5, 5.41) is 2.55. The zero-order valence-electron chi connectivity index (χ0n) is 14.6. The fourth-order valence-corrected chi connectivity index (χ4v) is 3.07. The summed E-state index contributed by atoms with van der Waals surface area (Å²) in [5.74, 6) is -0.0407. The summed E-state index contributed by atoms with van der Waals surface area (Å²) in [6, 6.07) is 3.00. The summed E-state index contributed by atoms with van der Waals surface area (Å²) in [6.45, 7) is 3.99. The Labute approximate surface area is 164 Å². The first-order valence-electron chi connectivity index (χ1n) is 7.91. The average molecular weight is 474 g/mol. The lowest BCUT2D eigenvalue weighted by Crippen LogP contribution is -2.30. The molecule has 1 aliphatic rings. The molecule has 1 aliphatic heterocycles. The average Bonchev–Trinajstić information content (AvgIpc) is 2.87. The Morgan fingerprint density at radius 1 is 1.27 bits per heavy atom. The third-order valence-corrected chi connectivity index (χ3v) is 4.28. The fourth-order valence-electron chi connectivity index (χ4n) is 2.29. The molecule has 9 heteroatoms. The van der Waals surface area contributed by atoms with Gasteiger partial charge in [-0.1, -0.05) is 0 Å². The first-order valence-corrected chi connectivity index (χ1v) is 8.99. The van der Waals surface area contributed by atoms with E-state index in [0.717, 1.165) is 4.90 Å². The lowest BCUT2D eigenvalue weighted by Gasteiger charge is -2.14. The van der Waals surface area contributed by atoms with Gasteiger partial charge in [-0.15, -0.1) is 0 Å². The number of carbonyl (C=O) groups excluding carboxylic acids is 3. The molecule has 1 aromatic carbocycles. The van der Waals surface area contributed by atoms with E-state index >= 15 is 0 Å². The zero-order chi connectivity index (χ0) is 19.3. The molecule has 0 radical (unpaired) electrons. The number of hydrogen-bond donors (Lipinski definition) is 1. The van der Waals surface area contributed by atoms with Gasteiger partial charge in [-0.25, -0.2) is 9.59 Å². The first kappa shape index (κ1) is 20.0. The highest BCUT2D eigenvalue weighted by atomic mass is 127. The highest BCUT2D eigenvalue weighted by Crippen LogP contribution is 2.35. The minimum absolute atomic E-state index is 0.193. The van der Waals surface area contributed by atoms with Crippen LogP contribution in [0, 0.1) is 3.57 Å². The lowest BCUT2D eigenvalue weighted by molar-refractivity contribution is -0.143. The number of likely N-dealkylation sites (N-methyl/N-ethyl adjacent to an activating group) is 1. The molecule has 0 aliphatic carbocycles. The topological polar surface area (TPSA) is 94.2 Å². The molecule has 0 unspecified atom stereocenters. The molecule has 8 nitrogen and oxygen atoms in total. The zero-order valence-corrected chi connectivity index (χ0v) is 16.8. The number of esters is 1. The SMILES string of the molecule is CCOc1cc(/C=C2/NC(=O)N(CC)C2=O)cc(I)c1OCC(=O)OC. The van der Waals surface area contributed by atoms with E-state index in [4.69, 9.17) is 9.47 Å². The number of nitrogens with zero attached hydrogens (tertiary/aromatic N) is 1. The number of halogens is 1. The van der Waals surface area contributed by atoms with E-state index < -0.39 is 12.0 Å². The van der Waals surface area contributed by atoms with Crippen molar-refractivity contribution in [2.45, 2.75) is 13.8 Å². The maximum Gasteiger partial charge on any atom is 0.343 e. The van der Waals surface area contributed by atoms with Gasteiger partial charge in [0.2, 0.25) is 0 Å². The molecule has 3 amide bonds. The summed E-state index contributed by atoms with van der Waals surface area (Å²) in [7, 11) is 1.28. The number of rotatable bonds is 7. The second-order valence-corrected chi connectivity index (χ2v) is 6.33. The Balaban J connectivity index is 2.33. The summed E-state index contributed by atoms with van der Waals surface area (Å²) in [6.07, 6.45) is 1.57. The number of amides is 3. The molecule has 0 spiro atoms. The number of benzene rings is 1. The number of urea groups is 1. The van der Waals surface area contributed by atoms with Crippen molar-refractivity contribution in [1.82, 2.24) is 10.2 Å². The van der Waals surface area contributed by atoms with Crippen LogP contribution in [0.2, 0.25) is 0 Å². The van der Waals surface area contributed by atoms with Crippen LogP contribution in [-0.4, -0.2) is 49.7 Å². The van der Waals surface area contributed by atoms with Crippen molar-refractivity contribution in [2.75, 3.05) is 26.9 Å². The third kappa shape index (κ3) is 4.45. The molecular formula is C17H19IN2O6. The molecule has 2 rings (SSSR count). The Morgan fingerprint density at radius 3 is 2.58 bits per heavy atom. The lowest BCUT2D eigenvalue weighted by atomic mass is 10.1. The summed E-state index contributed by atoms with van der Waals surface area (Å²) in [5.41, 5.74) is 0.850. The molecule has 1 heterocycles. The van der Waals surface area contributed by atoms with Crippen molar-refractivity contribution in [3.8, 4) is 11.5 Å². The first-order chi connectivity index (χ1) is 12.4. The molecule has 0 bridgehead atoms. The minimum Gasteiger partial charge on any atom is -0.490 e. The van der Waals surface area contributed by atoms with Gasteiger partial charge >= 0.3 is 12.0 Å². The van der Waals surface area contributed by atoms with Gasteiger partial charge in [0.15, 0.2) is 18.1 Å². The van der Waals surface area contributed by atoms with E-state index in [1.807, 2.05) is 29.5 Å². The molecule has 0 atom stereocenters. The number of hydrogen-bond acceptors (Lipinski definition) is 6. The van der Waals surface area contributed by atoms with E-state index in [2.05, 4.69) is 10.1 Å². The standard InChI is InChI=1S/C17H19IN2O6/c1-4-20-16(22)12(19-17(20)23)7-10-6-11(18)15(13(8-10)25-5-2)26-9-14(21)24-3/h6-8H,4-5,9H2,1-3H3,(H,19,23)/b12-7+. The highest BCUT2D eigenvalue weighted by Gasteiger charge is 2.32. The van der Waals surface area contributed by atoms with Gasteiger partial charge < -0.3 is 19.5 Å². The number of nitrogens with one attached hydrogen (secondary N) is 1. The van der Waals surface area contributed by atoms with Crippen LogP contribution in [0.3, 0.4) is 0 Å². The molecule has 0 aromatic heterocycles. The number of carbonyl (C=O) groups is 3. The highest BCUT2D eigenvalue weighted by molar-refractivity contribution is 14.1. The Morgan fingerprint density at radius 2 is 2.00 bits per heavy atom. The quantitative estimate of drug-likeness (QED) is 0.282. The van der Waals surface area contributed by atoms with Crippen LogP contribution in [0.4, 0.5) is 4.79 Å². The van der Waals surface area contributed by atoms with Gasteiger partial charge in [-0.05, 0) is 60.2 Å². The Kier molecular flexibility index (Phi) is 6.83. The Hall–Kier alpha value is -2.30. The maximum atomic E-state index is 12.2. The molecule has 0 saturated carbocycles. The van der Waals surface area contributed by atoms with Crippen LogP contribution in [0.1, 0.15) is 19.4 Å². The summed E-state index contributed by atoms with van der Waals surface area (Å²) < 4.78 is 16.3. The van der Waals surface area contributed by atoms with Crippen LogP contribution in [-0.2, 0) is 14.3 Å². The van der Waals surface area contributed by atoms with Crippen LogP contribution in [0.5, 0.6) is 11.5 Å². The van der Waals surface area contributed by atoms with Crippen molar-refractivity contribution in [3.63, 3.8) is 0 Å². The van der Waals surface area contributed by atoms with E-state index in [-0.39, 0.29) is 18.2 Å². The van der Waals surface area contributed by atoms with E-state index in [0.29, 0.717) is 33.8 Å². The van der Waals surface area contributed by atoms with E-state index in [9.17, 15) is 14.4 Å². The van der Waals surface area contributed by atoms with Crippen molar-refractivity contribution in [1.29, 1.82) is 0 Å². The van der Waals surface area contributed by atoms with Crippen molar-refractivity contribution < 1.29 is 28.6 Å². The maximum absolute atomic E-state index is 12.2. The minimum atomic E-state index is -0.506. The largest absolute Gasteiger partial charge is 0.490 e. The Bertz CT molecular complexity index is 762. The molecular weight excluding hydrogens is 455 g/mol. The molecule has 1 aromatic rings. The van der Waals surface area contributed by atoms with Gasteiger partial charge in [-0.2, -0.15) is 0 Å². The van der Waals surface area contributed by atoms with E-state index in [1.54, 1.807) is 25.1 Å². The number of imide groups is 1. The van der Waals surface area contributed by atoms with Crippen LogP contribution >= 0.6 is 22.6 Å². The van der Waals surface area contributed by atoms with Gasteiger partial charge in [0, 0.05) is 6.54 Å². The van der Waals surface area contributed by atoms with E-state index in [1.165, 1.54) is 7.11 Å². The summed E-state index contributed by atoms with van der Waals surface area (Å²) in [4.78, 5) is 36.4. The fraction of sp³-hybridized carbons (Fsp3) is 0.353. The van der Waals surface area contributed by atoms with Gasteiger partial charge in [0.1, 0.15) is 5.70 Å². The van der Waals surface area contributed by atoms with Crippen LogP contribution in [0.15, 0.2) is 17.8 Å². The predicted octanol–water partition coefficient (Wildman–Crippen LogP) is 2.15. The third-order valence-electron chi connectivity index (χ3n) is 3.48. The molecule has 140 valence electrons. The van der Waals surface area contributed by atoms with Gasteiger partial charge in [-0.3, -0.25) is 9.69 Å². The van der Waals surface area contributed by atoms with Crippen molar-refractivity contribution >= 4 is 46.6 Å². The predicted molar refractivity (Wildman–Crippen MR) is 102 cm³/mol. The number of ether oxygens (including phenoxy) is 3. The van der Waals surface area contributed by atoms with Crippen molar-refractivity contribution in [2.24, 2.45) is 0 Å². The summed E-state index contributed by atoms with van der Waals surface area (Å²) >= 11 is 2.05. The second-order valence-electron chi connectivity index (χ2n) is 5.17. The monoisotopic (exact) mass is 474 g/mol. The van der Waals surface area contributed by atoms with Crippen molar-refractivity contribution in [3.05, 3.63) is 27.0 Å². The van der Waals surface area contributed by atoms with Crippen LogP contribution in [0.25, 0.3) is 6.08 Å². The van der Waals surface area contributed by atoms with Gasteiger partial charge in [0.25, 0.3) is 5.91 Å². The molecule has 1 N–H and O–H groups in total.